The lowest BCUT2D eigenvalue weighted by Crippen LogP contribution is -2.12. The van der Waals surface area contributed by atoms with Gasteiger partial charge in [0.25, 0.3) is 6.47 Å². The second-order valence-electron chi connectivity index (χ2n) is 4.63. The van der Waals surface area contributed by atoms with Crippen molar-refractivity contribution in [2.75, 3.05) is 6.61 Å². The number of carbonyl (C=O) groups is 1. The molecule has 0 aromatic heterocycles. The zero-order valence-corrected chi connectivity index (χ0v) is 8.59. The summed E-state index contributed by atoms with van der Waals surface area (Å²) < 4.78 is 4.64. The highest BCUT2D eigenvalue weighted by molar-refractivity contribution is 5.36. The summed E-state index contributed by atoms with van der Waals surface area (Å²) in [6.45, 7) is 9.95. The molecule has 0 heterocycles. The number of hydrogen-bond donors (Lipinski definition) is 0. The summed E-state index contributed by atoms with van der Waals surface area (Å²) in [5.41, 5.74) is 0.376. The van der Waals surface area contributed by atoms with E-state index in [2.05, 4.69) is 32.4 Å². The van der Waals surface area contributed by atoms with Crippen LogP contribution in [-0.2, 0) is 9.53 Å². The summed E-state index contributed by atoms with van der Waals surface area (Å²) in [6.07, 6.45) is 2.14. The first kappa shape index (κ1) is 11.5. The molecule has 2 nitrogen and oxygen atoms in total. The van der Waals surface area contributed by atoms with Crippen molar-refractivity contribution in [2.24, 2.45) is 11.3 Å². The summed E-state index contributed by atoms with van der Waals surface area (Å²) in [4.78, 5) is 9.85. The van der Waals surface area contributed by atoms with E-state index in [-0.39, 0.29) is 0 Å². The van der Waals surface area contributed by atoms with Crippen LogP contribution in [0.15, 0.2) is 0 Å². The zero-order valence-electron chi connectivity index (χ0n) is 8.59. The Bertz CT molecular complexity index is 124. The Morgan fingerprint density at radius 1 is 1.42 bits per heavy atom. The fourth-order valence-corrected chi connectivity index (χ4v) is 1.46. The van der Waals surface area contributed by atoms with Crippen LogP contribution in [-0.4, -0.2) is 13.1 Å². The quantitative estimate of drug-likeness (QED) is 0.470. The molecule has 0 aliphatic heterocycles. The van der Waals surface area contributed by atoms with Gasteiger partial charge in [0.15, 0.2) is 0 Å². The maximum atomic E-state index is 9.85. The van der Waals surface area contributed by atoms with Crippen LogP contribution in [0.1, 0.15) is 40.5 Å². The number of carbonyl (C=O) groups excluding carboxylic acids is 1. The van der Waals surface area contributed by atoms with Gasteiger partial charge in [-0.05, 0) is 24.2 Å². The summed E-state index contributed by atoms with van der Waals surface area (Å²) in [7, 11) is 0. The third-order valence-electron chi connectivity index (χ3n) is 1.76. The Hall–Kier alpha value is -0.530. The average Bonchev–Trinajstić information content (AvgIpc) is 1.84. The molecule has 0 aromatic rings. The van der Waals surface area contributed by atoms with Crippen molar-refractivity contribution in [1.82, 2.24) is 0 Å². The molecule has 0 saturated carbocycles. The first-order valence-electron chi connectivity index (χ1n) is 4.51. The lowest BCUT2D eigenvalue weighted by molar-refractivity contribution is -0.129. The number of ether oxygens (including phenoxy) is 1. The van der Waals surface area contributed by atoms with Gasteiger partial charge in [0.05, 0.1) is 6.61 Å². The third-order valence-corrected chi connectivity index (χ3v) is 1.76. The van der Waals surface area contributed by atoms with E-state index in [0.29, 0.717) is 24.4 Å². The molecular formula is C10H20O2. The molecule has 0 spiro atoms. The molecule has 2 heteroatoms. The maximum absolute atomic E-state index is 9.85. The smallest absolute Gasteiger partial charge is 0.293 e. The topological polar surface area (TPSA) is 26.3 Å². The first-order valence-corrected chi connectivity index (χ1v) is 4.51. The minimum Gasteiger partial charge on any atom is -0.468 e. The van der Waals surface area contributed by atoms with Gasteiger partial charge < -0.3 is 4.74 Å². The molecule has 0 aliphatic rings. The molecule has 0 saturated heterocycles. The van der Waals surface area contributed by atoms with E-state index < -0.39 is 0 Å². The van der Waals surface area contributed by atoms with Crippen LogP contribution in [0.2, 0.25) is 0 Å². The third kappa shape index (κ3) is 7.58. The summed E-state index contributed by atoms with van der Waals surface area (Å²) in [5, 5.41) is 0. The van der Waals surface area contributed by atoms with Crippen molar-refractivity contribution in [1.29, 1.82) is 0 Å². The van der Waals surface area contributed by atoms with Crippen LogP contribution in [0.5, 0.6) is 0 Å². The lowest BCUT2D eigenvalue weighted by atomic mass is 9.84. The standard InChI is InChI=1S/C10H20O2/c1-9(5-6-12-8-11)7-10(2,3)4/h8-9H,5-7H2,1-4H3/t9-/m0/s1. The highest BCUT2D eigenvalue weighted by atomic mass is 16.5. The highest BCUT2D eigenvalue weighted by Gasteiger charge is 2.14. The van der Waals surface area contributed by atoms with Crippen LogP contribution in [0.3, 0.4) is 0 Å². The zero-order chi connectivity index (χ0) is 9.61. The molecule has 0 aromatic carbocycles. The van der Waals surface area contributed by atoms with Crippen molar-refractivity contribution < 1.29 is 9.53 Å². The predicted molar refractivity (Wildman–Crippen MR) is 49.9 cm³/mol. The van der Waals surface area contributed by atoms with Crippen molar-refractivity contribution >= 4 is 6.47 Å². The fraction of sp³-hybridized carbons (Fsp3) is 0.900. The van der Waals surface area contributed by atoms with Crippen molar-refractivity contribution in [3.8, 4) is 0 Å². The minimum absolute atomic E-state index is 0.376. The largest absolute Gasteiger partial charge is 0.468 e. The lowest BCUT2D eigenvalue weighted by Gasteiger charge is -2.22. The maximum Gasteiger partial charge on any atom is 0.293 e. The summed E-state index contributed by atoms with van der Waals surface area (Å²) in [5.74, 6) is 0.630. The van der Waals surface area contributed by atoms with Gasteiger partial charge in [-0.25, -0.2) is 0 Å². The Balaban J connectivity index is 3.46. The molecule has 0 radical (unpaired) electrons. The normalized spacial score (nSPS) is 14.0. The van der Waals surface area contributed by atoms with Gasteiger partial charge in [-0.3, -0.25) is 4.79 Å². The van der Waals surface area contributed by atoms with Crippen molar-refractivity contribution in [3.63, 3.8) is 0 Å². The van der Waals surface area contributed by atoms with Gasteiger partial charge in [0.1, 0.15) is 0 Å². The van der Waals surface area contributed by atoms with Crippen molar-refractivity contribution in [2.45, 2.75) is 40.5 Å². The predicted octanol–water partition coefficient (Wildman–Crippen LogP) is 2.62. The highest BCUT2D eigenvalue weighted by Crippen LogP contribution is 2.25. The van der Waals surface area contributed by atoms with E-state index in [4.69, 9.17) is 0 Å². The van der Waals surface area contributed by atoms with Crippen LogP contribution in [0.25, 0.3) is 0 Å². The average molecular weight is 172 g/mol. The fourth-order valence-electron chi connectivity index (χ4n) is 1.46. The molecule has 0 unspecified atom stereocenters. The van der Waals surface area contributed by atoms with Gasteiger partial charge in [-0.1, -0.05) is 27.7 Å². The number of hydrogen-bond acceptors (Lipinski definition) is 2. The molecule has 0 amide bonds. The van der Waals surface area contributed by atoms with Crippen LogP contribution in [0, 0.1) is 11.3 Å². The molecule has 1 atom stereocenters. The van der Waals surface area contributed by atoms with E-state index >= 15 is 0 Å². The second-order valence-corrected chi connectivity index (χ2v) is 4.63. The summed E-state index contributed by atoms with van der Waals surface area (Å²) >= 11 is 0. The van der Waals surface area contributed by atoms with E-state index in [1.165, 1.54) is 6.42 Å². The minimum atomic E-state index is 0.376. The monoisotopic (exact) mass is 172 g/mol. The molecular weight excluding hydrogens is 152 g/mol. The van der Waals surface area contributed by atoms with Gasteiger partial charge in [0, 0.05) is 0 Å². The van der Waals surface area contributed by atoms with Gasteiger partial charge in [-0.2, -0.15) is 0 Å². The second kappa shape index (κ2) is 5.18. The molecule has 0 rings (SSSR count). The SMILES string of the molecule is C[C@@H](CCOC=O)CC(C)(C)C. The first-order chi connectivity index (χ1) is 5.45. The Kier molecular flexibility index (Phi) is 4.95. The molecule has 0 aliphatic carbocycles. The van der Waals surface area contributed by atoms with Gasteiger partial charge >= 0.3 is 0 Å². The Labute approximate surface area is 75.3 Å². The summed E-state index contributed by atoms with van der Waals surface area (Å²) in [6, 6.07) is 0. The molecule has 12 heavy (non-hydrogen) atoms. The van der Waals surface area contributed by atoms with E-state index in [1.54, 1.807) is 0 Å². The molecule has 0 bridgehead atoms. The van der Waals surface area contributed by atoms with Crippen LogP contribution >= 0.6 is 0 Å². The van der Waals surface area contributed by atoms with Crippen LogP contribution in [0.4, 0.5) is 0 Å². The van der Waals surface area contributed by atoms with Crippen LogP contribution < -0.4 is 0 Å². The van der Waals surface area contributed by atoms with E-state index in [9.17, 15) is 4.79 Å². The Morgan fingerprint density at radius 2 is 2.00 bits per heavy atom. The number of rotatable bonds is 5. The van der Waals surface area contributed by atoms with E-state index in [1.807, 2.05) is 0 Å². The van der Waals surface area contributed by atoms with E-state index in [0.717, 1.165) is 6.42 Å². The Morgan fingerprint density at radius 3 is 2.42 bits per heavy atom. The van der Waals surface area contributed by atoms with Gasteiger partial charge in [-0.15, -0.1) is 0 Å². The molecule has 0 fully saturated rings. The van der Waals surface area contributed by atoms with Gasteiger partial charge in [0.2, 0.25) is 0 Å². The molecule has 0 N–H and O–H groups in total. The van der Waals surface area contributed by atoms with Crippen molar-refractivity contribution in [3.05, 3.63) is 0 Å². The molecule has 72 valence electrons.